The third-order valence-corrected chi connectivity index (χ3v) is 6.59. The van der Waals surface area contributed by atoms with Crippen molar-refractivity contribution in [2.75, 3.05) is 6.61 Å². The maximum Gasteiger partial charge on any atom is 0.313 e. The van der Waals surface area contributed by atoms with Gasteiger partial charge in [-0.3, -0.25) is 4.79 Å². The molecule has 0 unspecified atom stereocenters. The van der Waals surface area contributed by atoms with E-state index in [2.05, 4.69) is 6.58 Å². The largest absolute Gasteiger partial charge is 0.461 e. The molecule has 5 nitrogen and oxygen atoms in total. The molecule has 108 valence electrons. The molecule has 3 aliphatic heterocycles. The van der Waals surface area contributed by atoms with Gasteiger partial charge in [-0.1, -0.05) is 19.1 Å². The molecule has 20 heavy (non-hydrogen) atoms. The lowest BCUT2D eigenvalue weighted by molar-refractivity contribution is -0.185. The number of hydrogen-bond acceptors (Lipinski definition) is 5. The van der Waals surface area contributed by atoms with Gasteiger partial charge in [0.15, 0.2) is 0 Å². The van der Waals surface area contributed by atoms with Crippen LogP contribution in [0.1, 0.15) is 20.3 Å². The Morgan fingerprint density at radius 1 is 1.45 bits per heavy atom. The number of aliphatic hydroxyl groups is 1. The number of carbonyl (C=O) groups is 1. The zero-order valence-corrected chi connectivity index (χ0v) is 11.6. The van der Waals surface area contributed by atoms with Crippen LogP contribution in [0.4, 0.5) is 0 Å². The molecule has 2 aliphatic carbocycles. The highest BCUT2D eigenvalue weighted by Crippen LogP contribution is 2.76. The lowest BCUT2D eigenvalue weighted by Crippen LogP contribution is -2.64. The molecule has 0 radical (unpaired) electrons. The molecule has 0 aromatic heterocycles. The lowest BCUT2D eigenvalue weighted by atomic mass is 9.54. The fraction of sp³-hybridized carbons (Fsp3) is 0.800. The topological polar surface area (TPSA) is 71.6 Å². The number of carbonyl (C=O) groups excluding carboxylic acids is 1. The van der Waals surface area contributed by atoms with E-state index in [0.29, 0.717) is 13.0 Å². The minimum absolute atomic E-state index is 0.0598. The highest BCUT2D eigenvalue weighted by molar-refractivity contribution is 5.79. The Morgan fingerprint density at radius 3 is 2.75 bits per heavy atom. The van der Waals surface area contributed by atoms with Crippen LogP contribution in [-0.2, 0) is 19.0 Å². The van der Waals surface area contributed by atoms with Crippen LogP contribution in [0.5, 0.6) is 0 Å². The van der Waals surface area contributed by atoms with Gasteiger partial charge in [0, 0.05) is 11.3 Å². The third-order valence-electron chi connectivity index (χ3n) is 6.59. The van der Waals surface area contributed by atoms with Gasteiger partial charge in [0.2, 0.25) is 0 Å². The zero-order valence-electron chi connectivity index (χ0n) is 11.6. The second-order valence-corrected chi connectivity index (χ2v) is 7.34. The van der Waals surface area contributed by atoms with E-state index in [1.807, 2.05) is 13.8 Å². The number of rotatable bonds is 1. The first-order valence-electron chi connectivity index (χ1n) is 7.24. The first-order valence-corrected chi connectivity index (χ1v) is 7.24. The molecule has 1 N–H and O–H groups in total. The summed E-state index contributed by atoms with van der Waals surface area (Å²) in [7, 11) is 0. The van der Waals surface area contributed by atoms with Crippen molar-refractivity contribution >= 4 is 5.97 Å². The van der Waals surface area contributed by atoms with Crippen LogP contribution in [0.15, 0.2) is 12.2 Å². The Bertz CT molecular complexity index is 567. The minimum Gasteiger partial charge on any atom is -0.461 e. The molecule has 3 saturated heterocycles. The van der Waals surface area contributed by atoms with E-state index in [0.717, 1.165) is 5.57 Å². The van der Waals surface area contributed by atoms with Crippen molar-refractivity contribution in [2.24, 2.45) is 17.3 Å². The van der Waals surface area contributed by atoms with E-state index in [9.17, 15) is 9.90 Å². The highest BCUT2D eigenvalue weighted by Gasteiger charge is 2.92. The second-order valence-electron chi connectivity index (χ2n) is 7.34. The number of esters is 1. The van der Waals surface area contributed by atoms with Crippen molar-refractivity contribution in [3.63, 3.8) is 0 Å². The summed E-state index contributed by atoms with van der Waals surface area (Å²) in [6, 6.07) is 0. The molecule has 1 spiro atoms. The van der Waals surface area contributed by atoms with Crippen molar-refractivity contribution in [2.45, 2.75) is 49.8 Å². The van der Waals surface area contributed by atoms with Gasteiger partial charge in [0.1, 0.15) is 29.5 Å². The Hall–Kier alpha value is -0.910. The van der Waals surface area contributed by atoms with E-state index >= 15 is 0 Å². The summed E-state index contributed by atoms with van der Waals surface area (Å²) in [5.74, 6) is -0.983. The van der Waals surface area contributed by atoms with Crippen molar-refractivity contribution in [1.29, 1.82) is 0 Å². The van der Waals surface area contributed by atoms with E-state index in [1.54, 1.807) is 0 Å². The maximum absolute atomic E-state index is 12.3. The third kappa shape index (κ3) is 0.875. The smallest absolute Gasteiger partial charge is 0.313 e. The van der Waals surface area contributed by atoms with Gasteiger partial charge in [-0.15, -0.1) is 0 Å². The lowest BCUT2D eigenvalue weighted by Gasteiger charge is -2.51. The van der Waals surface area contributed by atoms with Crippen molar-refractivity contribution < 1.29 is 24.1 Å². The minimum atomic E-state index is -1.19. The number of fused-ring (bicyclic) bond motifs is 8. The van der Waals surface area contributed by atoms with Gasteiger partial charge in [-0.25, -0.2) is 0 Å². The molecular weight excluding hydrogens is 260 g/mol. The van der Waals surface area contributed by atoms with Gasteiger partial charge in [0.05, 0.1) is 12.5 Å². The van der Waals surface area contributed by atoms with Crippen LogP contribution in [0.25, 0.3) is 0 Å². The number of ether oxygens (including phenoxy) is 3. The molecule has 0 aromatic rings. The second kappa shape index (κ2) is 2.85. The van der Waals surface area contributed by atoms with Crippen LogP contribution in [0.3, 0.4) is 0 Å². The van der Waals surface area contributed by atoms with E-state index in [1.165, 1.54) is 0 Å². The van der Waals surface area contributed by atoms with Crippen molar-refractivity contribution in [3.05, 3.63) is 12.2 Å². The van der Waals surface area contributed by atoms with Gasteiger partial charge in [-0.2, -0.15) is 0 Å². The quantitative estimate of drug-likeness (QED) is 0.427. The molecule has 3 heterocycles. The monoisotopic (exact) mass is 278 g/mol. The zero-order chi connectivity index (χ0) is 14.1. The van der Waals surface area contributed by atoms with Crippen LogP contribution in [0, 0.1) is 17.3 Å². The number of hydrogen-bond donors (Lipinski definition) is 1. The molecule has 0 aromatic carbocycles. The van der Waals surface area contributed by atoms with Crippen LogP contribution in [-0.4, -0.2) is 47.2 Å². The van der Waals surface area contributed by atoms with Gasteiger partial charge >= 0.3 is 5.97 Å². The Morgan fingerprint density at radius 2 is 2.15 bits per heavy atom. The molecule has 0 amide bonds. The van der Waals surface area contributed by atoms with Crippen molar-refractivity contribution in [3.8, 4) is 0 Å². The Balaban J connectivity index is 1.72. The molecule has 5 heteroatoms. The average Bonchev–Trinajstić information content (AvgIpc) is 3.20. The van der Waals surface area contributed by atoms with Crippen LogP contribution < -0.4 is 0 Å². The molecular formula is C15H18O5. The summed E-state index contributed by atoms with van der Waals surface area (Å²) < 4.78 is 17.0. The molecule has 5 aliphatic rings. The fourth-order valence-corrected chi connectivity index (χ4v) is 5.47. The normalized spacial score (nSPS) is 64.8. The van der Waals surface area contributed by atoms with Gasteiger partial charge in [-0.05, 0) is 13.3 Å². The maximum atomic E-state index is 12.3. The van der Waals surface area contributed by atoms with Crippen LogP contribution >= 0.6 is 0 Å². The van der Waals surface area contributed by atoms with E-state index < -0.39 is 22.5 Å². The Kier molecular flexibility index (Phi) is 1.67. The van der Waals surface area contributed by atoms with Gasteiger partial charge < -0.3 is 19.3 Å². The first kappa shape index (κ1) is 11.7. The SMILES string of the molecule is C=C(C)[C@@H]1[C@@H]2C[C@]3(C)[C@](O)([C@H]4O[C@H]4[C@]34CO4)[C@H]1C(=O)O2. The predicted molar refractivity (Wildman–Crippen MR) is 66.7 cm³/mol. The molecule has 5 fully saturated rings. The predicted octanol–water partition coefficient (Wildman–Crippen LogP) is 0.411. The molecule has 2 bridgehead atoms. The van der Waals surface area contributed by atoms with E-state index in [-0.39, 0.29) is 30.2 Å². The van der Waals surface area contributed by atoms with Crippen molar-refractivity contribution in [1.82, 2.24) is 0 Å². The molecule has 2 saturated carbocycles. The summed E-state index contributed by atoms with van der Waals surface area (Å²) in [6.07, 6.45) is 0.0809. The number of epoxide rings is 2. The highest BCUT2D eigenvalue weighted by atomic mass is 16.7. The summed E-state index contributed by atoms with van der Waals surface area (Å²) in [6.45, 7) is 8.55. The summed E-state index contributed by atoms with van der Waals surface area (Å²) in [5.41, 5.74) is -1.17. The molecule has 5 rings (SSSR count). The standard InChI is InChI=1S/C15H18O5/c1-6(2)8-7-4-13(3)14(5-18-14)10-11(20-10)15(13,17)9(8)12(16)19-7/h7-11,17H,1,4-5H2,2-3H3/t7-,8+,9+,10+,11-,13-,14+,15+/m0/s1. The average molecular weight is 278 g/mol. The Labute approximate surface area is 116 Å². The first-order chi connectivity index (χ1) is 9.37. The summed E-state index contributed by atoms with van der Waals surface area (Å²) in [5, 5.41) is 11.5. The van der Waals surface area contributed by atoms with Crippen LogP contribution in [0.2, 0.25) is 0 Å². The fourth-order valence-electron chi connectivity index (χ4n) is 5.47. The summed E-state index contributed by atoms with van der Waals surface area (Å²) in [4.78, 5) is 12.3. The summed E-state index contributed by atoms with van der Waals surface area (Å²) >= 11 is 0. The molecule has 8 atom stereocenters. The van der Waals surface area contributed by atoms with Gasteiger partial charge in [0.25, 0.3) is 0 Å². The van der Waals surface area contributed by atoms with E-state index in [4.69, 9.17) is 14.2 Å².